The molecule has 0 aromatic heterocycles. The first-order chi connectivity index (χ1) is 9.29. The van der Waals surface area contributed by atoms with E-state index in [1.54, 1.807) is 0 Å². The Balaban J connectivity index is 2.47. The number of benzene rings is 2. The van der Waals surface area contributed by atoms with E-state index in [9.17, 15) is 22.0 Å². The SMILES string of the molecule is FC(F)c1cc(Cl)ccc1-c1ccc(C(F)(F)F)cc1. The van der Waals surface area contributed by atoms with Crippen molar-refractivity contribution < 1.29 is 22.0 Å². The van der Waals surface area contributed by atoms with Gasteiger partial charge in [-0.05, 0) is 35.4 Å². The zero-order valence-corrected chi connectivity index (χ0v) is 10.6. The molecule has 2 aromatic carbocycles. The molecule has 0 N–H and O–H groups in total. The molecule has 0 aliphatic carbocycles. The van der Waals surface area contributed by atoms with Gasteiger partial charge in [-0.3, -0.25) is 0 Å². The van der Waals surface area contributed by atoms with Crippen molar-refractivity contribution in [1.29, 1.82) is 0 Å². The van der Waals surface area contributed by atoms with E-state index in [4.69, 9.17) is 11.6 Å². The lowest BCUT2D eigenvalue weighted by atomic mass is 9.99. The Morgan fingerprint density at radius 2 is 1.50 bits per heavy atom. The van der Waals surface area contributed by atoms with E-state index in [0.29, 0.717) is 0 Å². The van der Waals surface area contributed by atoms with E-state index in [2.05, 4.69) is 0 Å². The summed E-state index contributed by atoms with van der Waals surface area (Å²) in [6.07, 6.45) is -7.21. The highest BCUT2D eigenvalue weighted by Gasteiger charge is 2.30. The maximum atomic E-state index is 12.9. The van der Waals surface area contributed by atoms with Crippen LogP contribution in [0.5, 0.6) is 0 Å². The van der Waals surface area contributed by atoms with Crippen LogP contribution in [0.4, 0.5) is 22.0 Å². The van der Waals surface area contributed by atoms with Crippen LogP contribution >= 0.6 is 11.6 Å². The standard InChI is InChI=1S/C14H8ClF5/c15-10-5-6-11(12(7-10)13(16)17)8-1-3-9(4-2-8)14(18,19)20/h1-7,13H. The minimum absolute atomic E-state index is 0.149. The molecule has 0 heterocycles. The molecule has 0 fully saturated rings. The van der Waals surface area contributed by atoms with Crippen molar-refractivity contribution in [3.05, 3.63) is 58.6 Å². The van der Waals surface area contributed by atoms with Crippen molar-refractivity contribution in [2.75, 3.05) is 0 Å². The normalized spacial score (nSPS) is 11.9. The number of rotatable bonds is 2. The third kappa shape index (κ3) is 3.10. The summed E-state index contributed by atoms with van der Waals surface area (Å²) in [5.41, 5.74) is -0.686. The van der Waals surface area contributed by atoms with E-state index < -0.39 is 18.2 Å². The Kier molecular flexibility index (Phi) is 3.99. The molecule has 0 spiro atoms. The minimum atomic E-state index is -4.45. The largest absolute Gasteiger partial charge is 0.416 e. The van der Waals surface area contributed by atoms with E-state index in [1.165, 1.54) is 12.1 Å². The lowest BCUT2D eigenvalue weighted by Gasteiger charge is -2.11. The first-order valence-electron chi connectivity index (χ1n) is 5.54. The second kappa shape index (κ2) is 5.40. The Bertz CT molecular complexity index is 602. The summed E-state index contributed by atoms with van der Waals surface area (Å²) in [6, 6.07) is 7.94. The van der Waals surface area contributed by atoms with E-state index in [1.807, 2.05) is 0 Å². The monoisotopic (exact) mass is 306 g/mol. The van der Waals surface area contributed by atoms with Crippen LogP contribution in [0.1, 0.15) is 17.6 Å². The number of hydrogen-bond acceptors (Lipinski definition) is 0. The van der Waals surface area contributed by atoms with Crippen LogP contribution in [0.3, 0.4) is 0 Å². The summed E-state index contributed by atoms with van der Waals surface area (Å²) >= 11 is 5.65. The smallest absolute Gasteiger partial charge is 0.205 e. The van der Waals surface area contributed by atoms with Crippen molar-refractivity contribution in [2.24, 2.45) is 0 Å². The fraction of sp³-hybridized carbons (Fsp3) is 0.143. The number of hydrogen-bond donors (Lipinski definition) is 0. The van der Waals surface area contributed by atoms with Gasteiger partial charge in [0.1, 0.15) is 0 Å². The summed E-state index contributed by atoms with van der Waals surface area (Å²) in [5.74, 6) is 0. The molecule has 0 aliphatic heterocycles. The van der Waals surface area contributed by atoms with Gasteiger partial charge in [0.15, 0.2) is 0 Å². The van der Waals surface area contributed by atoms with Gasteiger partial charge in [-0.2, -0.15) is 13.2 Å². The molecule has 6 heteroatoms. The van der Waals surface area contributed by atoms with Crippen LogP contribution in [0.25, 0.3) is 11.1 Å². The van der Waals surface area contributed by atoms with Crippen LogP contribution in [-0.2, 0) is 6.18 Å². The molecule has 106 valence electrons. The zero-order valence-electron chi connectivity index (χ0n) is 9.89. The van der Waals surface area contributed by atoms with Gasteiger partial charge in [-0.25, -0.2) is 8.78 Å². The Hall–Kier alpha value is -1.62. The average Bonchev–Trinajstić information content (AvgIpc) is 2.37. The number of halogens is 6. The van der Waals surface area contributed by atoms with Crippen molar-refractivity contribution >= 4 is 11.6 Å². The summed E-state index contributed by atoms with van der Waals surface area (Å²) in [4.78, 5) is 0. The maximum absolute atomic E-state index is 12.9. The zero-order chi connectivity index (χ0) is 14.9. The first kappa shape index (κ1) is 14.8. The Morgan fingerprint density at radius 1 is 0.900 bits per heavy atom. The van der Waals surface area contributed by atoms with E-state index in [0.717, 1.165) is 30.3 Å². The second-order valence-corrected chi connectivity index (χ2v) is 4.54. The molecule has 0 saturated carbocycles. The third-order valence-corrected chi connectivity index (χ3v) is 3.01. The minimum Gasteiger partial charge on any atom is -0.205 e. The van der Waals surface area contributed by atoms with E-state index in [-0.39, 0.29) is 21.7 Å². The molecule has 20 heavy (non-hydrogen) atoms. The predicted molar refractivity (Wildman–Crippen MR) is 66.8 cm³/mol. The Morgan fingerprint density at radius 3 is 2.00 bits per heavy atom. The van der Waals surface area contributed by atoms with Crippen molar-refractivity contribution in [3.63, 3.8) is 0 Å². The van der Waals surface area contributed by atoms with Crippen LogP contribution in [0, 0.1) is 0 Å². The summed E-state index contributed by atoms with van der Waals surface area (Å²) in [7, 11) is 0. The van der Waals surface area contributed by atoms with Gasteiger partial charge in [0.25, 0.3) is 6.43 Å². The molecule has 0 aliphatic rings. The molecular formula is C14H8ClF5. The van der Waals surface area contributed by atoms with Gasteiger partial charge in [0, 0.05) is 10.6 Å². The second-order valence-electron chi connectivity index (χ2n) is 4.11. The van der Waals surface area contributed by atoms with Gasteiger partial charge in [-0.1, -0.05) is 29.8 Å². The molecular weight excluding hydrogens is 299 g/mol. The molecule has 0 nitrogen and oxygen atoms in total. The predicted octanol–water partition coefficient (Wildman–Crippen LogP) is 5.96. The molecule has 0 bridgehead atoms. The molecule has 0 atom stereocenters. The van der Waals surface area contributed by atoms with Gasteiger partial charge < -0.3 is 0 Å². The molecule has 0 saturated heterocycles. The average molecular weight is 307 g/mol. The van der Waals surface area contributed by atoms with Crippen molar-refractivity contribution in [3.8, 4) is 11.1 Å². The third-order valence-electron chi connectivity index (χ3n) is 2.77. The van der Waals surface area contributed by atoms with Gasteiger partial charge in [0.05, 0.1) is 5.56 Å². The fourth-order valence-electron chi connectivity index (χ4n) is 1.82. The summed E-state index contributed by atoms with van der Waals surface area (Å²) in [6.45, 7) is 0. The van der Waals surface area contributed by atoms with E-state index >= 15 is 0 Å². The first-order valence-corrected chi connectivity index (χ1v) is 5.92. The lowest BCUT2D eigenvalue weighted by Crippen LogP contribution is -2.04. The van der Waals surface area contributed by atoms with Gasteiger partial charge >= 0.3 is 6.18 Å². The quantitative estimate of drug-likeness (QED) is 0.600. The highest BCUT2D eigenvalue weighted by Crippen LogP contribution is 2.35. The summed E-state index contributed by atoms with van der Waals surface area (Å²) in [5, 5.41) is 0.149. The highest BCUT2D eigenvalue weighted by molar-refractivity contribution is 6.30. The van der Waals surface area contributed by atoms with Crippen molar-refractivity contribution in [1.82, 2.24) is 0 Å². The highest BCUT2D eigenvalue weighted by atomic mass is 35.5. The van der Waals surface area contributed by atoms with Gasteiger partial charge in [-0.15, -0.1) is 0 Å². The van der Waals surface area contributed by atoms with Crippen molar-refractivity contribution in [2.45, 2.75) is 12.6 Å². The lowest BCUT2D eigenvalue weighted by molar-refractivity contribution is -0.137. The molecule has 0 amide bonds. The van der Waals surface area contributed by atoms with Crippen LogP contribution < -0.4 is 0 Å². The molecule has 0 unspecified atom stereocenters. The van der Waals surface area contributed by atoms with Crippen LogP contribution in [-0.4, -0.2) is 0 Å². The fourth-order valence-corrected chi connectivity index (χ4v) is 2.00. The molecule has 2 rings (SSSR count). The van der Waals surface area contributed by atoms with Crippen LogP contribution in [0.2, 0.25) is 5.02 Å². The summed E-state index contributed by atoms with van der Waals surface area (Å²) < 4.78 is 63.2. The molecule has 0 radical (unpaired) electrons. The van der Waals surface area contributed by atoms with Gasteiger partial charge in [0.2, 0.25) is 0 Å². The van der Waals surface area contributed by atoms with Crippen LogP contribution in [0.15, 0.2) is 42.5 Å². The molecule has 2 aromatic rings. The number of alkyl halides is 5. The topological polar surface area (TPSA) is 0 Å². The Labute approximate surface area is 116 Å². The maximum Gasteiger partial charge on any atom is 0.416 e.